The third-order valence-corrected chi connectivity index (χ3v) is 3.68. The van der Waals surface area contributed by atoms with E-state index in [1.54, 1.807) is 7.05 Å². The first-order valence-electron chi connectivity index (χ1n) is 6.17. The van der Waals surface area contributed by atoms with Crippen LogP contribution in [0.2, 0.25) is 0 Å². The van der Waals surface area contributed by atoms with E-state index in [1.807, 2.05) is 29.3 Å². The number of thiophene rings is 1. The number of amides is 1. The van der Waals surface area contributed by atoms with Crippen LogP contribution in [0.4, 0.5) is 0 Å². The molecule has 1 amide bonds. The van der Waals surface area contributed by atoms with Gasteiger partial charge >= 0.3 is 0 Å². The maximum atomic E-state index is 11.8. The van der Waals surface area contributed by atoms with Crippen LogP contribution in [-0.2, 0) is 4.79 Å². The number of carbonyl (C=O) groups excluding carboxylic acids is 2. The number of rotatable bonds is 8. The van der Waals surface area contributed by atoms with Gasteiger partial charge < -0.3 is 5.32 Å². The van der Waals surface area contributed by atoms with E-state index in [1.165, 1.54) is 11.3 Å². The summed E-state index contributed by atoms with van der Waals surface area (Å²) < 4.78 is 0. The minimum Gasteiger partial charge on any atom is -0.358 e. The van der Waals surface area contributed by atoms with Gasteiger partial charge in [0.05, 0.1) is 11.4 Å². The quantitative estimate of drug-likeness (QED) is 0.731. The Morgan fingerprint density at radius 2 is 2.22 bits per heavy atom. The van der Waals surface area contributed by atoms with Crippen molar-refractivity contribution in [2.75, 3.05) is 26.7 Å². The Kier molecular flexibility index (Phi) is 6.60. The van der Waals surface area contributed by atoms with Crippen molar-refractivity contribution in [2.45, 2.75) is 19.8 Å². The predicted octanol–water partition coefficient (Wildman–Crippen LogP) is 1.78. The van der Waals surface area contributed by atoms with Crippen molar-refractivity contribution < 1.29 is 9.59 Å². The lowest BCUT2D eigenvalue weighted by molar-refractivity contribution is -0.121. The highest BCUT2D eigenvalue weighted by Gasteiger charge is 2.10. The summed E-state index contributed by atoms with van der Waals surface area (Å²) in [6.45, 7) is 4.02. The van der Waals surface area contributed by atoms with Crippen LogP contribution >= 0.6 is 11.3 Å². The fourth-order valence-corrected chi connectivity index (χ4v) is 2.35. The van der Waals surface area contributed by atoms with Gasteiger partial charge in [0.1, 0.15) is 0 Å². The van der Waals surface area contributed by atoms with Gasteiger partial charge in [-0.2, -0.15) is 0 Å². The van der Waals surface area contributed by atoms with E-state index in [9.17, 15) is 9.59 Å². The van der Waals surface area contributed by atoms with E-state index in [4.69, 9.17) is 0 Å². The minimum atomic E-state index is 0.0152. The standard InChI is InChI=1S/C13H20N2O2S/c1-3-15(10-13(17)14-2)8-4-6-11(16)12-7-5-9-18-12/h5,7,9H,3-4,6,8,10H2,1-2H3,(H,14,17). The largest absolute Gasteiger partial charge is 0.358 e. The van der Waals surface area contributed by atoms with Gasteiger partial charge in [-0.25, -0.2) is 0 Å². The molecule has 0 aliphatic carbocycles. The molecular weight excluding hydrogens is 248 g/mol. The maximum Gasteiger partial charge on any atom is 0.233 e. The fraction of sp³-hybridized carbons (Fsp3) is 0.538. The number of hydrogen-bond donors (Lipinski definition) is 1. The molecule has 18 heavy (non-hydrogen) atoms. The van der Waals surface area contributed by atoms with E-state index >= 15 is 0 Å². The van der Waals surface area contributed by atoms with Crippen LogP contribution < -0.4 is 5.32 Å². The molecule has 0 aromatic carbocycles. The van der Waals surface area contributed by atoms with Gasteiger partial charge in [-0.15, -0.1) is 11.3 Å². The summed E-state index contributed by atoms with van der Waals surface area (Å²) in [4.78, 5) is 25.9. The number of hydrogen-bond acceptors (Lipinski definition) is 4. The summed E-state index contributed by atoms with van der Waals surface area (Å²) in [5.41, 5.74) is 0. The molecule has 0 aliphatic heterocycles. The number of Topliss-reactive ketones (excluding diaryl/α,β-unsaturated/α-hetero) is 1. The molecule has 1 heterocycles. The Morgan fingerprint density at radius 1 is 1.44 bits per heavy atom. The number of carbonyl (C=O) groups is 2. The monoisotopic (exact) mass is 268 g/mol. The van der Waals surface area contributed by atoms with Gasteiger partial charge in [-0.05, 0) is 31.0 Å². The topological polar surface area (TPSA) is 49.4 Å². The molecular formula is C13H20N2O2S. The predicted molar refractivity (Wildman–Crippen MR) is 74.1 cm³/mol. The lowest BCUT2D eigenvalue weighted by Crippen LogP contribution is -2.36. The Labute approximate surface area is 112 Å². The van der Waals surface area contributed by atoms with Crippen molar-refractivity contribution >= 4 is 23.0 Å². The van der Waals surface area contributed by atoms with Gasteiger partial charge in [-0.1, -0.05) is 13.0 Å². The highest BCUT2D eigenvalue weighted by Crippen LogP contribution is 2.12. The van der Waals surface area contributed by atoms with Crippen LogP contribution in [0.3, 0.4) is 0 Å². The van der Waals surface area contributed by atoms with Crippen molar-refractivity contribution in [3.05, 3.63) is 22.4 Å². The molecule has 1 aromatic heterocycles. The Morgan fingerprint density at radius 3 is 2.78 bits per heavy atom. The first-order valence-corrected chi connectivity index (χ1v) is 7.05. The number of ketones is 1. The Bertz CT molecular complexity index is 376. The molecule has 100 valence electrons. The van der Waals surface area contributed by atoms with Gasteiger partial charge in [0.25, 0.3) is 0 Å². The first kappa shape index (κ1) is 14.9. The van der Waals surface area contributed by atoms with Crippen LogP contribution in [0.25, 0.3) is 0 Å². The highest BCUT2D eigenvalue weighted by molar-refractivity contribution is 7.12. The van der Waals surface area contributed by atoms with E-state index in [0.29, 0.717) is 13.0 Å². The van der Waals surface area contributed by atoms with Crippen molar-refractivity contribution in [2.24, 2.45) is 0 Å². The van der Waals surface area contributed by atoms with Crippen LogP contribution in [-0.4, -0.2) is 43.3 Å². The van der Waals surface area contributed by atoms with Crippen LogP contribution in [0.15, 0.2) is 17.5 Å². The minimum absolute atomic E-state index is 0.0152. The third kappa shape index (κ3) is 4.98. The van der Waals surface area contributed by atoms with E-state index in [0.717, 1.165) is 24.4 Å². The zero-order chi connectivity index (χ0) is 13.4. The van der Waals surface area contributed by atoms with Gasteiger partial charge in [0.2, 0.25) is 5.91 Å². The molecule has 0 saturated carbocycles. The van der Waals surface area contributed by atoms with E-state index < -0.39 is 0 Å². The first-order chi connectivity index (χ1) is 8.67. The molecule has 1 aromatic rings. The zero-order valence-electron chi connectivity index (χ0n) is 10.9. The number of likely N-dealkylation sites (N-methyl/N-ethyl adjacent to an activating group) is 2. The second-order valence-electron chi connectivity index (χ2n) is 4.05. The molecule has 0 unspecified atom stereocenters. The summed E-state index contributed by atoms with van der Waals surface area (Å²) in [7, 11) is 1.64. The molecule has 1 N–H and O–H groups in total. The van der Waals surface area contributed by atoms with Crippen molar-refractivity contribution in [3.63, 3.8) is 0 Å². The summed E-state index contributed by atoms with van der Waals surface area (Å²) in [5, 5.41) is 4.52. The molecule has 0 saturated heterocycles. The number of nitrogens with zero attached hydrogens (tertiary/aromatic N) is 1. The smallest absolute Gasteiger partial charge is 0.233 e. The zero-order valence-corrected chi connectivity index (χ0v) is 11.8. The summed E-state index contributed by atoms with van der Waals surface area (Å²) in [6, 6.07) is 3.75. The average Bonchev–Trinajstić information content (AvgIpc) is 2.91. The summed E-state index contributed by atoms with van der Waals surface area (Å²) in [6.07, 6.45) is 1.34. The van der Waals surface area contributed by atoms with Crippen LogP contribution in [0, 0.1) is 0 Å². The van der Waals surface area contributed by atoms with Crippen LogP contribution in [0.1, 0.15) is 29.4 Å². The van der Waals surface area contributed by atoms with Crippen molar-refractivity contribution in [1.29, 1.82) is 0 Å². The Balaban J connectivity index is 2.27. The van der Waals surface area contributed by atoms with Crippen molar-refractivity contribution in [3.8, 4) is 0 Å². The summed E-state index contributed by atoms with van der Waals surface area (Å²) in [5.74, 6) is 0.211. The van der Waals surface area contributed by atoms with E-state index in [2.05, 4.69) is 5.32 Å². The molecule has 0 atom stereocenters. The van der Waals surface area contributed by atoms with E-state index in [-0.39, 0.29) is 11.7 Å². The SMILES string of the molecule is CCN(CCCC(=O)c1cccs1)CC(=O)NC. The van der Waals surface area contributed by atoms with Gasteiger partial charge in [0.15, 0.2) is 5.78 Å². The van der Waals surface area contributed by atoms with Crippen LogP contribution in [0.5, 0.6) is 0 Å². The van der Waals surface area contributed by atoms with Gasteiger partial charge in [0, 0.05) is 13.5 Å². The maximum absolute atomic E-state index is 11.8. The lowest BCUT2D eigenvalue weighted by Gasteiger charge is -2.18. The Hall–Kier alpha value is -1.20. The van der Waals surface area contributed by atoms with Gasteiger partial charge in [-0.3, -0.25) is 14.5 Å². The molecule has 0 spiro atoms. The molecule has 0 bridgehead atoms. The molecule has 0 fully saturated rings. The normalized spacial score (nSPS) is 10.6. The molecule has 1 rings (SSSR count). The lowest BCUT2D eigenvalue weighted by atomic mass is 10.2. The second-order valence-corrected chi connectivity index (χ2v) is 4.99. The third-order valence-electron chi connectivity index (χ3n) is 2.77. The molecule has 0 aliphatic rings. The fourth-order valence-electron chi connectivity index (χ4n) is 1.65. The molecule has 0 radical (unpaired) electrons. The molecule has 4 nitrogen and oxygen atoms in total. The molecule has 5 heteroatoms. The highest BCUT2D eigenvalue weighted by atomic mass is 32.1. The number of nitrogens with one attached hydrogen (secondary N) is 1. The summed E-state index contributed by atoms with van der Waals surface area (Å²) >= 11 is 1.48. The average molecular weight is 268 g/mol. The second kappa shape index (κ2) is 8.00. The van der Waals surface area contributed by atoms with Crippen molar-refractivity contribution in [1.82, 2.24) is 10.2 Å².